The average Bonchev–Trinajstić information content (AvgIpc) is 3.12. The van der Waals surface area contributed by atoms with E-state index in [-0.39, 0.29) is 0 Å². The van der Waals surface area contributed by atoms with Gasteiger partial charge >= 0.3 is 0 Å². The molecule has 16 heavy (non-hydrogen) atoms. The van der Waals surface area contributed by atoms with E-state index in [1.165, 1.54) is 47.0 Å². The Morgan fingerprint density at radius 1 is 1.12 bits per heavy atom. The Balaban J connectivity index is 1.74. The Hall–Kier alpha value is -0.250. The predicted octanol–water partition coefficient (Wildman–Crippen LogP) is 4.03. The minimum absolute atomic E-state index is 0.838. The van der Waals surface area contributed by atoms with E-state index in [2.05, 4.69) is 40.8 Å². The molecule has 1 aromatic carbocycles. The third-order valence-electron chi connectivity index (χ3n) is 3.41. The maximum Gasteiger partial charge on any atom is 0.135 e. The fourth-order valence-corrected chi connectivity index (χ4v) is 2.70. The van der Waals surface area contributed by atoms with Gasteiger partial charge in [0.25, 0.3) is 0 Å². The van der Waals surface area contributed by atoms with Gasteiger partial charge in [0, 0.05) is 0 Å². The van der Waals surface area contributed by atoms with Crippen molar-refractivity contribution in [2.75, 3.05) is 6.61 Å². The van der Waals surface area contributed by atoms with Crippen molar-refractivity contribution in [3.63, 3.8) is 0 Å². The van der Waals surface area contributed by atoms with E-state index >= 15 is 0 Å². The molecule has 2 heteroatoms. The van der Waals surface area contributed by atoms with Crippen molar-refractivity contribution in [1.82, 2.24) is 0 Å². The van der Waals surface area contributed by atoms with Gasteiger partial charge in [0.15, 0.2) is 0 Å². The molecule has 1 nitrogen and oxygen atoms in total. The molecule has 0 spiro atoms. The van der Waals surface area contributed by atoms with Crippen LogP contribution in [0.1, 0.15) is 31.2 Å². The molecule has 0 aromatic heterocycles. The van der Waals surface area contributed by atoms with E-state index in [9.17, 15) is 0 Å². The molecule has 86 valence electrons. The van der Waals surface area contributed by atoms with Crippen LogP contribution in [0.25, 0.3) is 0 Å². The summed E-state index contributed by atoms with van der Waals surface area (Å²) in [6.45, 7) is 0.928. The first-order valence-electron chi connectivity index (χ1n) is 6.23. The normalized spacial score (nSPS) is 19.8. The smallest absolute Gasteiger partial charge is 0.135 e. The van der Waals surface area contributed by atoms with Crippen molar-refractivity contribution in [1.29, 1.82) is 0 Å². The summed E-state index contributed by atoms with van der Waals surface area (Å²) in [7, 11) is 0. The zero-order valence-electron chi connectivity index (χ0n) is 9.42. The first-order chi connectivity index (χ1) is 7.83. The molecule has 1 aromatic rings. The number of benzene rings is 1. The minimum Gasteiger partial charge on any atom is -0.492 e. The van der Waals surface area contributed by atoms with Gasteiger partial charge in [-0.05, 0) is 78.2 Å². The molecule has 0 radical (unpaired) electrons. The molecule has 0 bridgehead atoms. The van der Waals surface area contributed by atoms with Crippen LogP contribution < -0.4 is 4.74 Å². The molecule has 3 rings (SSSR count). The molecule has 0 unspecified atom stereocenters. The summed E-state index contributed by atoms with van der Waals surface area (Å²) in [6.07, 6.45) is 6.76. The number of ether oxygens (including phenoxy) is 1. The van der Waals surface area contributed by atoms with Crippen LogP contribution in [0.2, 0.25) is 0 Å². The third kappa shape index (κ3) is 2.70. The average molecular weight is 328 g/mol. The second-order valence-electron chi connectivity index (χ2n) is 5.13. The number of para-hydroxylation sites is 1. The largest absolute Gasteiger partial charge is 0.492 e. The minimum atomic E-state index is 0.838. The summed E-state index contributed by atoms with van der Waals surface area (Å²) in [6, 6.07) is 6.55. The maximum absolute atomic E-state index is 6.01. The number of rotatable bonds is 5. The zero-order valence-corrected chi connectivity index (χ0v) is 11.6. The van der Waals surface area contributed by atoms with E-state index in [0.29, 0.717) is 0 Å². The monoisotopic (exact) mass is 328 g/mol. The molecule has 0 heterocycles. The van der Waals surface area contributed by atoms with Crippen LogP contribution in [0, 0.1) is 15.4 Å². The van der Waals surface area contributed by atoms with E-state index in [4.69, 9.17) is 4.74 Å². The maximum atomic E-state index is 6.01. The van der Waals surface area contributed by atoms with Gasteiger partial charge in [0.05, 0.1) is 10.2 Å². The summed E-state index contributed by atoms with van der Waals surface area (Å²) < 4.78 is 7.29. The van der Waals surface area contributed by atoms with Crippen LogP contribution >= 0.6 is 22.6 Å². The molecule has 2 aliphatic rings. The second kappa shape index (κ2) is 4.55. The molecule has 2 saturated carbocycles. The Morgan fingerprint density at radius 2 is 1.88 bits per heavy atom. The lowest BCUT2D eigenvalue weighted by Gasteiger charge is -2.12. The SMILES string of the molecule is Ic1cccc(CC2CC2)c1OCC1CC1. The van der Waals surface area contributed by atoms with Crippen LogP contribution in [0.4, 0.5) is 0 Å². The highest BCUT2D eigenvalue weighted by Gasteiger charge is 2.25. The summed E-state index contributed by atoms with van der Waals surface area (Å²) in [5, 5.41) is 0. The van der Waals surface area contributed by atoms with Gasteiger partial charge in [-0.1, -0.05) is 12.1 Å². The van der Waals surface area contributed by atoms with Crippen molar-refractivity contribution >= 4 is 22.6 Å². The van der Waals surface area contributed by atoms with Gasteiger partial charge in [-0.3, -0.25) is 0 Å². The molecule has 0 aliphatic heterocycles. The lowest BCUT2D eigenvalue weighted by Crippen LogP contribution is -2.04. The Kier molecular flexibility index (Phi) is 3.09. The topological polar surface area (TPSA) is 9.23 Å². The van der Waals surface area contributed by atoms with Crippen LogP contribution in [-0.4, -0.2) is 6.61 Å². The summed E-state index contributed by atoms with van der Waals surface area (Å²) in [5.41, 5.74) is 1.43. The van der Waals surface area contributed by atoms with Gasteiger partial charge in [-0.25, -0.2) is 0 Å². The van der Waals surface area contributed by atoms with E-state index in [1.54, 1.807) is 0 Å². The summed E-state index contributed by atoms with van der Waals surface area (Å²) >= 11 is 2.40. The third-order valence-corrected chi connectivity index (χ3v) is 4.26. The molecule has 0 saturated heterocycles. The van der Waals surface area contributed by atoms with Crippen molar-refractivity contribution in [3.05, 3.63) is 27.3 Å². The van der Waals surface area contributed by atoms with Crippen LogP contribution in [0.15, 0.2) is 18.2 Å². The fraction of sp³-hybridized carbons (Fsp3) is 0.571. The van der Waals surface area contributed by atoms with Gasteiger partial charge in [-0.2, -0.15) is 0 Å². The molecule has 0 atom stereocenters. The fourth-order valence-electron chi connectivity index (χ4n) is 1.99. The van der Waals surface area contributed by atoms with E-state index in [0.717, 1.165) is 18.4 Å². The second-order valence-corrected chi connectivity index (χ2v) is 6.29. The summed E-state index contributed by atoms with van der Waals surface area (Å²) in [5.74, 6) is 2.94. The van der Waals surface area contributed by atoms with Crippen molar-refractivity contribution in [2.24, 2.45) is 11.8 Å². The van der Waals surface area contributed by atoms with E-state index in [1.807, 2.05) is 0 Å². The Bertz CT molecular complexity index is 380. The van der Waals surface area contributed by atoms with Crippen LogP contribution in [-0.2, 0) is 6.42 Å². The van der Waals surface area contributed by atoms with Crippen molar-refractivity contribution < 1.29 is 4.74 Å². The van der Waals surface area contributed by atoms with Crippen molar-refractivity contribution in [2.45, 2.75) is 32.1 Å². The van der Waals surface area contributed by atoms with E-state index < -0.39 is 0 Å². The Morgan fingerprint density at radius 3 is 2.56 bits per heavy atom. The lowest BCUT2D eigenvalue weighted by molar-refractivity contribution is 0.294. The zero-order chi connectivity index (χ0) is 11.0. The molecule has 0 N–H and O–H groups in total. The highest BCUT2D eigenvalue weighted by Crippen LogP contribution is 2.37. The first kappa shape index (κ1) is 10.9. The molecular formula is C14H17IO. The number of halogens is 1. The highest BCUT2D eigenvalue weighted by molar-refractivity contribution is 14.1. The van der Waals surface area contributed by atoms with Crippen LogP contribution in [0.3, 0.4) is 0 Å². The highest BCUT2D eigenvalue weighted by atomic mass is 127. The first-order valence-corrected chi connectivity index (χ1v) is 7.31. The standard InChI is InChI=1S/C14H17IO/c15-13-3-1-2-12(8-10-4-5-10)14(13)16-9-11-6-7-11/h1-3,10-11H,4-9H2. The van der Waals surface area contributed by atoms with Gasteiger partial charge < -0.3 is 4.74 Å². The van der Waals surface area contributed by atoms with Gasteiger partial charge in [0.2, 0.25) is 0 Å². The lowest BCUT2D eigenvalue weighted by atomic mass is 10.1. The molecular weight excluding hydrogens is 311 g/mol. The summed E-state index contributed by atoms with van der Waals surface area (Å²) in [4.78, 5) is 0. The number of hydrogen-bond donors (Lipinski definition) is 0. The van der Waals surface area contributed by atoms with Crippen LogP contribution in [0.5, 0.6) is 5.75 Å². The van der Waals surface area contributed by atoms with Crippen molar-refractivity contribution in [3.8, 4) is 5.75 Å². The Labute approximate surface area is 111 Å². The van der Waals surface area contributed by atoms with Gasteiger partial charge in [0.1, 0.15) is 5.75 Å². The quantitative estimate of drug-likeness (QED) is 0.742. The molecule has 2 fully saturated rings. The van der Waals surface area contributed by atoms with Gasteiger partial charge in [-0.15, -0.1) is 0 Å². The molecule has 2 aliphatic carbocycles. The number of hydrogen-bond acceptors (Lipinski definition) is 1. The molecule has 0 amide bonds. The predicted molar refractivity (Wildman–Crippen MR) is 73.8 cm³/mol.